The molecule has 168 valence electrons. The summed E-state index contributed by atoms with van der Waals surface area (Å²) in [5.41, 5.74) is 0.857. The van der Waals surface area contributed by atoms with Gasteiger partial charge in [0.15, 0.2) is 11.7 Å². The summed E-state index contributed by atoms with van der Waals surface area (Å²) in [4.78, 5) is 18.6. The highest BCUT2D eigenvalue weighted by molar-refractivity contribution is 7.89. The Morgan fingerprint density at radius 3 is 2.38 bits per heavy atom. The number of carbonyl (C=O) groups excluding carboxylic acids is 1. The molecule has 0 spiro atoms. The molecule has 0 unspecified atom stereocenters. The lowest BCUT2D eigenvalue weighted by atomic mass is 10.2. The summed E-state index contributed by atoms with van der Waals surface area (Å²) in [6.07, 6.45) is 2.23. The molecule has 1 fully saturated rings. The molecule has 2 aromatic carbocycles. The average Bonchev–Trinajstić information content (AvgIpc) is 3.27. The van der Waals surface area contributed by atoms with Gasteiger partial charge in [-0.1, -0.05) is 35.3 Å². The second-order valence-electron chi connectivity index (χ2n) is 7.34. The van der Waals surface area contributed by atoms with E-state index < -0.39 is 10.0 Å². The SMILES string of the molecule is O=C(CCc1ncc(-c2ccc(Cl)cc2)o1)N1CCN(S(=O)(=O)c2ccccc2Cl)CC1. The first-order chi connectivity index (χ1) is 15.3. The third-order valence-electron chi connectivity index (χ3n) is 5.28. The van der Waals surface area contributed by atoms with Crippen molar-refractivity contribution < 1.29 is 17.6 Å². The number of amides is 1. The summed E-state index contributed by atoms with van der Waals surface area (Å²) in [5, 5.41) is 0.828. The molecule has 0 saturated carbocycles. The Bertz CT molecular complexity index is 1200. The number of hydrogen-bond donors (Lipinski definition) is 0. The molecule has 3 aromatic rings. The molecule has 1 aromatic heterocycles. The molecular weight excluding hydrogens is 473 g/mol. The number of hydrogen-bond acceptors (Lipinski definition) is 5. The Morgan fingerprint density at radius 1 is 1.00 bits per heavy atom. The smallest absolute Gasteiger partial charge is 0.244 e. The second-order valence-corrected chi connectivity index (χ2v) is 10.1. The minimum atomic E-state index is -3.69. The summed E-state index contributed by atoms with van der Waals surface area (Å²) < 4.78 is 32.8. The largest absolute Gasteiger partial charge is 0.441 e. The number of halogens is 2. The maximum Gasteiger partial charge on any atom is 0.244 e. The maximum atomic E-state index is 12.8. The Hall–Kier alpha value is -2.39. The molecule has 0 atom stereocenters. The lowest BCUT2D eigenvalue weighted by molar-refractivity contribution is -0.132. The molecule has 0 aliphatic carbocycles. The van der Waals surface area contributed by atoms with E-state index in [0.717, 1.165) is 5.56 Å². The van der Waals surface area contributed by atoms with Crippen LogP contribution in [0.4, 0.5) is 0 Å². The van der Waals surface area contributed by atoms with Gasteiger partial charge in [-0.3, -0.25) is 4.79 Å². The van der Waals surface area contributed by atoms with Crippen molar-refractivity contribution in [2.45, 2.75) is 17.7 Å². The van der Waals surface area contributed by atoms with Crippen LogP contribution in [0.15, 0.2) is 64.0 Å². The number of rotatable bonds is 6. The van der Waals surface area contributed by atoms with Gasteiger partial charge in [0.05, 0.1) is 11.2 Å². The Kier molecular flexibility index (Phi) is 6.85. The van der Waals surface area contributed by atoms with Gasteiger partial charge in [-0.15, -0.1) is 0 Å². The fourth-order valence-corrected chi connectivity index (χ4v) is 5.56. The fourth-order valence-electron chi connectivity index (χ4n) is 3.52. The number of benzene rings is 2. The van der Waals surface area contributed by atoms with Gasteiger partial charge in [-0.2, -0.15) is 4.31 Å². The normalized spacial score (nSPS) is 15.1. The molecule has 0 bridgehead atoms. The van der Waals surface area contributed by atoms with E-state index in [0.29, 0.717) is 36.2 Å². The van der Waals surface area contributed by atoms with Crippen LogP contribution in [0.25, 0.3) is 11.3 Å². The fraction of sp³-hybridized carbons (Fsp3) is 0.273. The summed E-state index contributed by atoms with van der Waals surface area (Å²) >= 11 is 12.0. The number of nitrogens with zero attached hydrogens (tertiary/aromatic N) is 3. The highest BCUT2D eigenvalue weighted by atomic mass is 35.5. The van der Waals surface area contributed by atoms with Gasteiger partial charge < -0.3 is 9.32 Å². The quantitative estimate of drug-likeness (QED) is 0.515. The van der Waals surface area contributed by atoms with Gasteiger partial charge in [-0.25, -0.2) is 13.4 Å². The van der Waals surface area contributed by atoms with E-state index in [-0.39, 0.29) is 35.3 Å². The predicted molar refractivity (Wildman–Crippen MR) is 122 cm³/mol. The second kappa shape index (κ2) is 9.62. The van der Waals surface area contributed by atoms with Gasteiger partial charge in [0.25, 0.3) is 0 Å². The van der Waals surface area contributed by atoms with Gasteiger partial charge in [0.1, 0.15) is 4.90 Å². The molecule has 10 heteroatoms. The summed E-state index contributed by atoms with van der Waals surface area (Å²) in [7, 11) is -3.69. The van der Waals surface area contributed by atoms with Crippen LogP contribution in [-0.2, 0) is 21.2 Å². The van der Waals surface area contributed by atoms with Crippen LogP contribution in [0.2, 0.25) is 10.0 Å². The van der Waals surface area contributed by atoms with Crippen molar-refractivity contribution in [2.75, 3.05) is 26.2 Å². The summed E-state index contributed by atoms with van der Waals surface area (Å²) in [6, 6.07) is 13.6. The number of sulfonamides is 1. The van der Waals surface area contributed by atoms with Crippen molar-refractivity contribution in [1.29, 1.82) is 0 Å². The first-order valence-corrected chi connectivity index (χ1v) is 12.3. The van der Waals surface area contributed by atoms with Crippen LogP contribution in [-0.4, -0.2) is 54.7 Å². The maximum absolute atomic E-state index is 12.8. The van der Waals surface area contributed by atoms with Crippen LogP contribution in [0, 0.1) is 0 Å². The first kappa shape index (κ1) is 22.8. The van der Waals surface area contributed by atoms with E-state index >= 15 is 0 Å². The van der Waals surface area contributed by atoms with E-state index in [4.69, 9.17) is 27.6 Å². The van der Waals surface area contributed by atoms with Crippen molar-refractivity contribution in [2.24, 2.45) is 0 Å². The molecule has 2 heterocycles. The van der Waals surface area contributed by atoms with Crippen molar-refractivity contribution >= 4 is 39.1 Å². The van der Waals surface area contributed by atoms with Crippen LogP contribution < -0.4 is 0 Å². The Labute approximate surface area is 196 Å². The van der Waals surface area contributed by atoms with Crippen molar-refractivity contribution in [3.8, 4) is 11.3 Å². The Morgan fingerprint density at radius 2 is 1.69 bits per heavy atom. The van der Waals surface area contributed by atoms with Gasteiger partial charge in [0, 0.05) is 49.6 Å². The highest BCUT2D eigenvalue weighted by Crippen LogP contribution is 2.25. The lowest BCUT2D eigenvalue weighted by Gasteiger charge is -2.34. The number of piperazine rings is 1. The zero-order valence-corrected chi connectivity index (χ0v) is 19.4. The van der Waals surface area contributed by atoms with Gasteiger partial charge in [0.2, 0.25) is 15.9 Å². The summed E-state index contributed by atoms with van der Waals surface area (Å²) in [6.45, 7) is 1.09. The molecular formula is C22H21Cl2N3O4S. The number of aromatic nitrogens is 1. The molecule has 4 rings (SSSR count). The average molecular weight is 494 g/mol. The number of carbonyl (C=O) groups is 1. The molecule has 1 aliphatic heterocycles. The van der Waals surface area contributed by atoms with Crippen LogP contribution >= 0.6 is 23.2 Å². The zero-order chi connectivity index (χ0) is 22.7. The van der Waals surface area contributed by atoms with E-state index in [9.17, 15) is 13.2 Å². The van der Waals surface area contributed by atoms with Crippen molar-refractivity contribution in [3.63, 3.8) is 0 Å². The topological polar surface area (TPSA) is 83.7 Å². The van der Waals surface area contributed by atoms with Crippen molar-refractivity contribution in [3.05, 3.63) is 70.7 Å². The minimum absolute atomic E-state index is 0.0639. The predicted octanol–water partition coefficient (Wildman–Crippen LogP) is 4.11. The lowest BCUT2D eigenvalue weighted by Crippen LogP contribution is -2.50. The molecule has 0 radical (unpaired) electrons. The van der Waals surface area contributed by atoms with E-state index in [1.165, 1.54) is 10.4 Å². The molecule has 1 amide bonds. The number of oxazole rings is 1. The summed E-state index contributed by atoms with van der Waals surface area (Å²) in [5.74, 6) is 1.02. The van der Waals surface area contributed by atoms with Gasteiger partial charge >= 0.3 is 0 Å². The molecule has 32 heavy (non-hydrogen) atoms. The van der Waals surface area contributed by atoms with E-state index in [1.54, 1.807) is 41.4 Å². The molecule has 0 N–H and O–H groups in total. The third-order valence-corrected chi connectivity index (χ3v) is 7.93. The van der Waals surface area contributed by atoms with Crippen LogP contribution in [0.1, 0.15) is 12.3 Å². The standard InChI is InChI=1S/C22H21Cl2N3O4S/c23-17-7-5-16(6-8-17)19-15-25-21(31-19)9-10-22(28)26-11-13-27(14-12-26)32(29,30)20-4-2-1-3-18(20)24/h1-8,15H,9-14H2. The minimum Gasteiger partial charge on any atom is -0.441 e. The number of aryl methyl sites for hydroxylation is 1. The van der Waals surface area contributed by atoms with E-state index in [1.807, 2.05) is 12.1 Å². The zero-order valence-electron chi connectivity index (χ0n) is 17.1. The Balaban J connectivity index is 1.31. The van der Waals surface area contributed by atoms with Crippen LogP contribution in [0.3, 0.4) is 0 Å². The molecule has 7 nitrogen and oxygen atoms in total. The van der Waals surface area contributed by atoms with E-state index in [2.05, 4.69) is 4.98 Å². The first-order valence-electron chi connectivity index (χ1n) is 10.1. The van der Waals surface area contributed by atoms with Crippen LogP contribution in [0.5, 0.6) is 0 Å². The highest BCUT2D eigenvalue weighted by Gasteiger charge is 2.31. The molecule has 1 saturated heterocycles. The molecule has 1 aliphatic rings. The van der Waals surface area contributed by atoms with Crippen molar-refractivity contribution in [1.82, 2.24) is 14.2 Å². The third kappa shape index (κ3) is 4.99. The van der Waals surface area contributed by atoms with Gasteiger partial charge in [-0.05, 0) is 36.4 Å². The monoisotopic (exact) mass is 493 g/mol.